The molecule has 0 bridgehead atoms. The molecule has 0 radical (unpaired) electrons. The highest BCUT2D eigenvalue weighted by Gasteiger charge is 1.98. The molecule has 2 aromatic rings. The lowest BCUT2D eigenvalue weighted by Crippen LogP contribution is -1.78. The van der Waals surface area contributed by atoms with Crippen LogP contribution in [0.3, 0.4) is 0 Å². The Kier molecular flexibility index (Phi) is 1.91. The van der Waals surface area contributed by atoms with E-state index in [2.05, 4.69) is 31.1 Å². The average molecular weight is 224 g/mol. The lowest BCUT2D eigenvalue weighted by atomic mass is 10.2. The van der Waals surface area contributed by atoms with Crippen LogP contribution in [-0.4, -0.2) is 15.2 Å². The first-order valence-corrected chi connectivity index (χ1v) is 4.26. The van der Waals surface area contributed by atoms with Gasteiger partial charge in [0.1, 0.15) is 0 Å². The summed E-state index contributed by atoms with van der Waals surface area (Å²) in [5, 5.41) is 6.59. The van der Waals surface area contributed by atoms with Crippen molar-refractivity contribution in [2.24, 2.45) is 0 Å². The molecule has 3 nitrogen and oxygen atoms in total. The number of halogens is 1. The lowest BCUT2D eigenvalue weighted by Gasteiger charge is -1.94. The van der Waals surface area contributed by atoms with Crippen molar-refractivity contribution in [2.75, 3.05) is 0 Å². The SMILES string of the molecule is Brc1ccc(-c2cn[nH]c2)nc1. The Hall–Kier alpha value is -1.16. The number of H-pyrrole nitrogens is 1. The van der Waals surface area contributed by atoms with Crippen LogP contribution in [0, 0.1) is 0 Å². The molecular weight excluding hydrogens is 218 g/mol. The molecule has 0 saturated heterocycles. The maximum Gasteiger partial charge on any atom is 0.0734 e. The molecule has 2 heterocycles. The Balaban J connectivity index is 2.43. The first-order valence-electron chi connectivity index (χ1n) is 3.47. The zero-order chi connectivity index (χ0) is 8.39. The van der Waals surface area contributed by atoms with E-state index in [1.54, 1.807) is 12.4 Å². The standard InChI is InChI=1S/C8H6BrN3/c9-7-1-2-8(10-5-7)6-3-11-12-4-6/h1-5H,(H,11,12). The number of aromatic amines is 1. The molecule has 0 atom stereocenters. The van der Waals surface area contributed by atoms with E-state index in [4.69, 9.17) is 0 Å². The van der Waals surface area contributed by atoms with Gasteiger partial charge in [-0.3, -0.25) is 10.1 Å². The highest BCUT2D eigenvalue weighted by atomic mass is 79.9. The Morgan fingerprint density at radius 3 is 2.75 bits per heavy atom. The molecule has 0 fully saturated rings. The van der Waals surface area contributed by atoms with Crippen molar-refractivity contribution in [1.29, 1.82) is 0 Å². The number of aromatic nitrogens is 3. The second kappa shape index (κ2) is 3.06. The summed E-state index contributed by atoms with van der Waals surface area (Å²) in [5.74, 6) is 0. The van der Waals surface area contributed by atoms with Gasteiger partial charge in [-0.05, 0) is 28.1 Å². The number of nitrogens with one attached hydrogen (secondary N) is 1. The van der Waals surface area contributed by atoms with Gasteiger partial charge >= 0.3 is 0 Å². The maximum absolute atomic E-state index is 4.21. The molecule has 0 aliphatic rings. The van der Waals surface area contributed by atoms with Gasteiger partial charge in [0, 0.05) is 22.4 Å². The highest BCUT2D eigenvalue weighted by molar-refractivity contribution is 9.10. The number of hydrogen-bond donors (Lipinski definition) is 1. The van der Waals surface area contributed by atoms with E-state index in [9.17, 15) is 0 Å². The minimum absolute atomic E-state index is 0.923. The topological polar surface area (TPSA) is 41.6 Å². The van der Waals surface area contributed by atoms with Crippen molar-refractivity contribution >= 4 is 15.9 Å². The fourth-order valence-corrected chi connectivity index (χ4v) is 1.17. The first-order chi connectivity index (χ1) is 5.86. The van der Waals surface area contributed by atoms with Gasteiger partial charge in [-0.2, -0.15) is 5.10 Å². The number of hydrogen-bond acceptors (Lipinski definition) is 2. The number of rotatable bonds is 1. The van der Waals surface area contributed by atoms with Crippen molar-refractivity contribution in [1.82, 2.24) is 15.2 Å². The third-order valence-corrected chi connectivity index (χ3v) is 1.99. The van der Waals surface area contributed by atoms with Gasteiger partial charge < -0.3 is 0 Å². The summed E-state index contributed by atoms with van der Waals surface area (Å²) < 4.78 is 0.981. The van der Waals surface area contributed by atoms with Crippen LogP contribution >= 0.6 is 15.9 Å². The van der Waals surface area contributed by atoms with Crippen molar-refractivity contribution in [3.05, 3.63) is 35.2 Å². The third kappa shape index (κ3) is 1.38. The molecule has 0 aromatic carbocycles. The highest BCUT2D eigenvalue weighted by Crippen LogP contribution is 2.16. The Labute approximate surface area is 78.0 Å². The van der Waals surface area contributed by atoms with E-state index in [0.29, 0.717) is 0 Å². The van der Waals surface area contributed by atoms with Crippen molar-refractivity contribution < 1.29 is 0 Å². The zero-order valence-corrected chi connectivity index (χ0v) is 7.75. The predicted octanol–water partition coefficient (Wildman–Crippen LogP) is 2.23. The molecule has 0 amide bonds. The quantitative estimate of drug-likeness (QED) is 0.806. The minimum atomic E-state index is 0.923. The minimum Gasteiger partial charge on any atom is -0.285 e. The first kappa shape index (κ1) is 7.49. The summed E-state index contributed by atoms with van der Waals surface area (Å²) in [4.78, 5) is 4.21. The fourth-order valence-electron chi connectivity index (χ4n) is 0.938. The molecule has 0 aliphatic carbocycles. The molecule has 0 saturated carbocycles. The number of nitrogens with zero attached hydrogens (tertiary/aromatic N) is 2. The molecular formula is C8H6BrN3. The Morgan fingerprint density at radius 1 is 1.25 bits per heavy atom. The van der Waals surface area contributed by atoms with Crippen LogP contribution in [0.4, 0.5) is 0 Å². The van der Waals surface area contributed by atoms with E-state index < -0.39 is 0 Å². The van der Waals surface area contributed by atoms with Crippen LogP contribution in [-0.2, 0) is 0 Å². The van der Waals surface area contributed by atoms with Crippen molar-refractivity contribution in [3.63, 3.8) is 0 Å². The Bertz CT molecular complexity index is 352. The van der Waals surface area contributed by atoms with Crippen LogP contribution in [0.1, 0.15) is 0 Å². The summed E-state index contributed by atoms with van der Waals surface area (Å²) in [7, 11) is 0. The van der Waals surface area contributed by atoms with Crippen LogP contribution in [0.25, 0.3) is 11.3 Å². The molecule has 2 aromatic heterocycles. The van der Waals surface area contributed by atoms with E-state index in [0.717, 1.165) is 15.7 Å². The van der Waals surface area contributed by atoms with Crippen LogP contribution in [0.15, 0.2) is 35.2 Å². The monoisotopic (exact) mass is 223 g/mol. The molecule has 60 valence electrons. The van der Waals surface area contributed by atoms with E-state index >= 15 is 0 Å². The van der Waals surface area contributed by atoms with Crippen molar-refractivity contribution in [3.8, 4) is 11.3 Å². The molecule has 0 aliphatic heterocycles. The molecule has 2 rings (SSSR count). The molecule has 0 unspecified atom stereocenters. The summed E-state index contributed by atoms with van der Waals surface area (Å²) in [6, 6.07) is 3.89. The molecule has 4 heteroatoms. The van der Waals surface area contributed by atoms with E-state index in [1.165, 1.54) is 0 Å². The second-order valence-electron chi connectivity index (χ2n) is 2.35. The molecule has 0 spiro atoms. The van der Waals surface area contributed by atoms with E-state index in [1.807, 2.05) is 18.3 Å². The lowest BCUT2D eigenvalue weighted by molar-refractivity contribution is 1.09. The molecule has 1 N–H and O–H groups in total. The van der Waals surface area contributed by atoms with Gasteiger partial charge in [-0.1, -0.05) is 0 Å². The maximum atomic E-state index is 4.21. The van der Waals surface area contributed by atoms with Crippen molar-refractivity contribution in [2.45, 2.75) is 0 Å². The van der Waals surface area contributed by atoms with Crippen LogP contribution in [0.2, 0.25) is 0 Å². The van der Waals surface area contributed by atoms with Gasteiger partial charge in [0.2, 0.25) is 0 Å². The Morgan fingerprint density at radius 2 is 2.17 bits per heavy atom. The molecule has 12 heavy (non-hydrogen) atoms. The third-order valence-electron chi connectivity index (χ3n) is 1.52. The van der Waals surface area contributed by atoms with Crippen LogP contribution in [0.5, 0.6) is 0 Å². The normalized spacial score (nSPS) is 10.1. The smallest absolute Gasteiger partial charge is 0.0734 e. The summed E-state index contributed by atoms with van der Waals surface area (Å²) in [6.45, 7) is 0. The largest absolute Gasteiger partial charge is 0.285 e. The zero-order valence-electron chi connectivity index (χ0n) is 6.16. The summed E-state index contributed by atoms with van der Waals surface area (Å²) >= 11 is 3.32. The van der Waals surface area contributed by atoms with E-state index in [-0.39, 0.29) is 0 Å². The van der Waals surface area contributed by atoms with Gasteiger partial charge in [0.05, 0.1) is 11.9 Å². The number of pyridine rings is 1. The average Bonchev–Trinajstić information content (AvgIpc) is 2.58. The summed E-state index contributed by atoms with van der Waals surface area (Å²) in [5.41, 5.74) is 1.93. The van der Waals surface area contributed by atoms with Crippen LogP contribution < -0.4 is 0 Å². The predicted molar refractivity (Wildman–Crippen MR) is 49.5 cm³/mol. The summed E-state index contributed by atoms with van der Waals surface area (Å²) in [6.07, 6.45) is 5.33. The van der Waals surface area contributed by atoms with Gasteiger partial charge in [0.15, 0.2) is 0 Å². The van der Waals surface area contributed by atoms with Gasteiger partial charge in [-0.15, -0.1) is 0 Å². The fraction of sp³-hybridized carbons (Fsp3) is 0. The van der Waals surface area contributed by atoms with Gasteiger partial charge in [0.25, 0.3) is 0 Å². The van der Waals surface area contributed by atoms with Gasteiger partial charge in [-0.25, -0.2) is 0 Å². The second-order valence-corrected chi connectivity index (χ2v) is 3.26.